The molecule has 0 heterocycles. The average Bonchev–Trinajstić information content (AvgIpc) is 2.31. The van der Waals surface area contributed by atoms with Gasteiger partial charge in [-0.1, -0.05) is 43.1 Å². The first-order chi connectivity index (χ1) is 8.17. The topological polar surface area (TPSA) is 55.1 Å². The van der Waals surface area contributed by atoms with Gasteiger partial charge in [-0.25, -0.2) is 0 Å². The van der Waals surface area contributed by atoms with Crippen LogP contribution in [0.1, 0.15) is 25.3 Å². The second-order valence-corrected chi connectivity index (χ2v) is 4.46. The number of nitrogens with two attached hydrogens (primary N) is 1. The lowest BCUT2D eigenvalue weighted by molar-refractivity contribution is -0.121. The quantitative estimate of drug-likeness (QED) is 0.817. The minimum absolute atomic E-state index is 0.0259. The fourth-order valence-corrected chi connectivity index (χ4v) is 1.89. The van der Waals surface area contributed by atoms with E-state index in [1.54, 1.807) is 6.07 Å². The summed E-state index contributed by atoms with van der Waals surface area (Å²) in [7, 11) is 0. The SMILES string of the molecule is CCCC(CN)NC(=O)Cc1ccccc1Cl. The summed E-state index contributed by atoms with van der Waals surface area (Å²) in [6.07, 6.45) is 2.22. The van der Waals surface area contributed by atoms with E-state index in [1.165, 1.54) is 0 Å². The van der Waals surface area contributed by atoms with E-state index < -0.39 is 0 Å². The molecule has 1 amide bonds. The van der Waals surface area contributed by atoms with Gasteiger partial charge in [-0.3, -0.25) is 4.79 Å². The van der Waals surface area contributed by atoms with Crippen LogP contribution in [0, 0.1) is 0 Å². The second-order valence-electron chi connectivity index (χ2n) is 4.06. The van der Waals surface area contributed by atoms with E-state index in [9.17, 15) is 4.79 Å². The lowest BCUT2D eigenvalue weighted by atomic mass is 10.1. The number of hydrogen-bond acceptors (Lipinski definition) is 2. The fraction of sp³-hybridized carbons (Fsp3) is 0.462. The van der Waals surface area contributed by atoms with Gasteiger partial charge in [0.2, 0.25) is 5.91 Å². The molecule has 4 heteroatoms. The van der Waals surface area contributed by atoms with Crippen LogP contribution in [0.3, 0.4) is 0 Å². The Labute approximate surface area is 107 Å². The highest BCUT2D eigenvalue weighted by molar-refractivity contribution is 6.31. The number of hydrogen-bond donors (Lipinski definition) is 2. The third-order valence-corrected chi connectivity index (χ3v) is 2.96. The largest absolute Gasteiger partial charge is 0.352 e. The zero-order valence-electron chi connectivity index (χ0n) is 10.1. The van der Waals surface area contributed by atoms with Crippen molar-refractivity contribution in [2.75, 3.05) is 6.54 Å². The van der Waals surface area contributed by atoms with Crippen LogP contribution in [0.25, 0.3) is 0 Å². The van der Waals surface area contributed by atoms with Gasteiger partial charge in [0.15, 0.2) is 0 Å². The molecular weight excluding hydrogens is 236 g/mol. The highest BCUT2D eigenvalue weighted by Gasteiger charge is 2.11. The van der Waals surface area contributed by atoms with Crippen LogP contribution in [-0.2, 0) is 11.2 Å². The van der Waals surface area contributed by atoms with Gasteiger partial charge in [0.25, 0.3) is 0 Å². The molecular formula is C13H19ClN2O. The zero-order chi connectivity index (χ0) is 12.7. The fourth-order valence-electron chi connectivity index (χ4n) is 1.69. The molecule has 1 atom stereocenters. The summed E-state index contributed by atoms with van der Waals surface area (Å²) >= 11 is 6.00. The number of nitrogens with one attached hydrogen (secondary N) is 1. The molecule has 3 nitrogen and oxygen atoms in total. The van der Waals surface area contributed by atoms with Gasteiger partial charge in [0, 0.05) is 17.6 Å². The predicted octanol–water partition coefficient (Wildman–Crippen LogP) is 2.13. The van der Waals surface area contributed by atoms with Gasteiger partial charge in [-0.2, -0.15) is 0 Å². The summed E-state index contributed by atoms with van der Waals surface area (Å²) in [5.41, 5.74) is 6.44. The molecule has 0 aliphatic rings. The van der Waals surface area contributed by atoms with Crippen molar-refractivity contribution in [2.24, 2.45) is 5.73 Å². The van der Waals surface area contributed by atoms with Crippen LogP contribution in [0.15, 0.2) is 24.3 Å². The molecule has 0 saturated heterocycles. The Balaban J connectivity index is 2.52. The molecule has 0 fully saturated rings. The van der Waals surface area contributed by atoms with Crippen LogP contribution < -0.4 is 11.1 Å². The third kappa shape index (κ3) is 4.75. The minimum Gasteiger partial charge on any atom is -0.352 e. The van der Waals surface area contributed by atoms with Crippen molar-refractivity contribution in [3.05, 3.63) is 34.9 Å². The number of carbonyl (C=O) groups excluding carboxylic acids is 1. The van der Waals surface area contributed by atoms with Crippen molar-refractivity contribution in [1.29, 1.82) is 0 Å². The molecule has 0 spiro atoms. The van der Waals surface area contributed by atoms with E-state index in [1.807, 2.05) is 18.2 Å². The molecule has 0 bridgehead atoms. The third-order valence-electron chi connectivity index (χ3n) is 2.60. The Bertz CT molecular complexity index is 368. The van der Waals surface area contributed by atoms with Crippen molar-refractivity contribution in [2.45, 2.75) is 32.2 Å². The molecule has 0 aromatic heterocycles. The van der Waals surface area contributed by atoms with Crippen molar-refractivity contribution >= 4 is 17.5 Å². The summed E-state index contributed by atoms with van der Waals surface area (Å²) in [6, 6.07) is 7.44. The number of amides is 1. The minimum atomic E-state index is -0.0259. The maximum atomic E-state index is 11.8. The Morgan fingerprint density at radius 3 is 2.76 bits per heavy atom. The maximum absolute atomic E-state index is 11.8. The molecule has 0 radical (unpaired) electrons. The number of rotatable bonds is 6. The van der Waals surface area contributed by atoms with Gasteiger partial charge in [0.1, 0.15) is 0 Å². The molecule has 94 valence electrons. The monoisotopic (exact) mass is 254 g/mol. The van der Waals surface area contributed by atoms with Gasteiger partial charge >= 0.3 is 0 Å². The van der Waals surface area contributed by atoms with Gasteiger partial charge in [-0.05, 0) is 18.1 Å². The number of benzene rings is 1. The summed E-state index contributed by atoms with van der Waals surface area (Å²) < 4.78 is 0. The lowest BCUT2D eigenvalue weighted by Gasteiger charge is -2.16. The maximum Gasteiger partial charge on any atom is 0.224 e. The van der Waals surface area contributed by atoms with Crippen LogP contribution in [-0.4, -0.2) is 18.5 Å². The van der Waals surface area contributed by atoms with Crippen LogP contribution in [0.2, 0.25) is 5.02 Å². The van der Waals surface area contributed by atoms with E-state index in [0.29, 0.717) is 18.0 Å². The number of carbonyl (C=O) groups is 1. The first kappa shape index (κ1) is 14.0. The second kappa shape index (κ2) is 7.30. The van der Waals surface area contributed by atoms with Gasteiger partial charge in [-0.15, -0.1) is 0 Å². The van der Waals surface area contributed by atoms with Crippen molar-refractivity contribution in [3.63, 3.8) is 0 Å². The van der Waals surface area contributed by atoms with Crippen LogP contribution in [0.4, 0.5) is 0 Å². The smallest absolute Gasteiger partial charge is 0.224 e. The molecule has 0 aliphatic carbocycles. The first-order valence-corrected chi connectivity index (χ1v) is 6.28. The highest BCUT2D eigenvalue weighted by atomic mass is 35.5. The van der Waals surface area contributed by atoms with Gasteiger partial charge < -0.3 is 11.1 Å². The average molecular weight is 255 g/mol. The Morgan fingerprint density at radius 2 is 2.18 bits per heavy atom. The predicted molar refractivity (Wildman–Crippen MR) is 71.0 cm³/mol. The van der Waals surface area contributed by atoms with Crippen molar-refractivity contribution < 1.29 is 4.79 Å². The van der Waals surface area contributed by atoms with E-state index in [-0.39, 0.29) is 11.9 Å². The lowest BCUT2D eigenvalue weighted by Crippen LogP contribution is -2.40. The highest BCUT2D eigenvalue weighted by Crippen LogP contribution is 2.15. The standard InChI is InChI=1S/C13H19ClN2O/c1-2-5-11(9-15)16-13(17)8-10-6-3-4-7-12(10)14/h3-4,6-7,11H,2,5,8-9,15H2,1H3,(H,16,17). The Morgan fingerprint density at radius 1 is 1.47 bits per heavy atom. The van der Waals surface area contributed by atoms with Crippen molar-refractivity contribution in [1.82, 2.24) is 5.32 Å². The Kier molecular flexibility index (Phi) is 6.01. The van der Waals surface area contributed by atoms with Crippen LogP contribution in [0.5, 0.6) is 0 Å². The molecule has 0 saturated carbocycles. The van der Waals surface area contributed by atoms with E-state index in [4.69, 9.17) is 17.3 Å². The molecule has 1 aromatic carbocycles. The van der Waals surface area contributed by atoms with E-state index >= 15 is 0 Å². The molecule has 1 unspecified atom stereocenters. The first-order valence-electron chi connectivity index (χ1n) is 5.90. The van der Waals surface area contributed by atoms with Gasteiger partial charge in [0.05, 0.1) is 6.42 Å². The van der Waals surface area contributed by atoms with Crippen molar-refractivity contribution in [3.8, 4) is 0 Å². The number of halogens is 1. The summed E-state index contributed by atoms with van der Waals surface area (Å²) in [5.74, 6) is -0.0259. The van der Waals surface area contributed by atoms with Crippen LogP contribution >= 0.6 is 11.6 Å². The molecule has 17 heavy (non-hydrogen) atoms. The summed E-state index contributed by atoms with van der Waals surface area (Å²) in [6.45, 7) is 2.55. The van der Waals surface area contributed by atoms with E-state index in [0.717, 1.165) is 18.4 Å². The molecule has 3 N–H and O–H groups in total. The summed E-state index contributed by atoms with van der Waals surface area (Å²) in [5, 5.41) is 3.55. The molecule has 0 aliphatic heterocycles. The van der Waals surface area contributed by atoms with E-state index in [2.05, 4.69) is 12.2 Å². The molecule has 1 aromatic rings. The zero-order valence-corrected chi connectivity index (χ0v) is 10.8. The Hall–Kier alpha value is -1.06. The summed E-state index contributed by atoms with van der Waals surface area (Å²) in [4.78, 5) is 11.8. The molecule has 1 rings (SSSR count). The normalized spacial score (nSPS) is 12.2.